The molecule has 0 fully saturated rings. The van der Waals surface area contributed by atoms with Crippen LogP contribution in [0, 0.1) is 20.8 Å². The van der Waals surface area contributed by atoms with Crippen molar-refractivity contribution in [3.8, 4) is 0 Å². The van der Waals surface area contributed by atoms with Crippen LogP contribution in [-0.4, -0.2) is 31.4 Å². The second-order valence-electron chi connectivity index (χ2n) is 6.59. The van der Waals surface area contributed by atoms with E-state index in [0.29, 0.717) is 0 Å². The number of amides is 1. The smallest absolute Gasteiger partial charge is 0.225 e. The largest absolute Gasteiger partial charge is 0.326 e. The number of rotatable bonds is 7. The molecular formula is C20H26N2O3S. The molecule has 0 aliphatic heterocycles. The summed E-state index contributed by atoms with van der Waals surface area (Å²) in [5.74, 6) is -0.194. The zero-order valence-electron chi connectivity index (χ0n) is 15.7. The lowest BCUT2D eigenvalue weighted by atomic mass is 10.1. The third-order valence-corrected chi connectivity index (χ3v) is 5.66. The molecule has 0 unspecified atom stereocenters. The van der Waals surface area contributed by atoms with Crippen LogP contribution in [0.5, 0.6) is 0 Å². The van der Waals surface area contributed by atoms with Crippen molar-refractivity contribution in [3.05, 3.63) is 64.7 Å². The van der Waals surface area contributed by atoms with E-state index in [4.69, 9.17) is 0 Å². The fourth-order valence-corrected chi connectivity index (χ4v) is 3.58. The van der Waals surface area contributed by atoms with E-state index in [0.717, 1.165) is 27.9 Å². The number of aryl methyl sites for hydroxylation is 3. The Hall–Kier alpha value is -2.18. The zero-order chi connectivity index (χ0) is 19.3. The summed E-state index contributed by atoms with van der Waals surface area (Å²) in [4.78, 5) is 12.3. The van der Waals surface area contributed by atoms with E-state index in [9.17, 15) is 13.2 Å². The lowest BCUT2D eigenvalue weighted by Crippen LogP contribution is -2.33. The molecule has 0 aromatic heterocycles. The predicted molar refractivity (Wildman–Crippen MR) is 106 cm³/mol. The molecule has 2 rings (SSSR count). The molecule has 5 nitrogen and oxygen atoms in total. The van der Waals surface area contributed by atoms with E-state index in [-0.39, 0.29) is 25.4 Å². The minimum atomic E-state index is -3.41. The maximum absolute atomic E-state index is 12.3. The third kappa shape index (κ3) is 5.41. The SMILES string of the molecule is Cc1ccccc1CN(CCC(=O)Nc1c(C)cccc1C)S(C)(=O)=O. The molecule has 1 amide bonds. The first-order valence-corrected chi connectivity index (χ1v) is 10.4. The van der Waals surface area contributed by atoms with Crippen molar-refractivity contribution in [1.29, 1.82) is 0 Å². The van der Waals surface area contributed by atoms with Crippen molar-refractivity contribution >= 4 is 21.6 Å². The van der Waals surface area contributed by atoms with Crippen LogP contribution in [0.25, 0.3) is 0 Å². The molecule has 0 aliphatic rings. The van der Waals surface area contributed by atoms with Gasteiger partial charge < -0.3 is 5.32 Å². The molecule has 0 aliphatic carbocycles. The molecule has 0 saturated carbocycles. The highest BCUT2D eigenvalue weighted by Crippen LogP contribution is 2.20. The quantitative estimate of drug-likeness (QED) is 0.808. The molecule has 0 radical (unpaired) electrons. The minimum absolute atomic E-state index is 0.104. The number of anilines is 1. The lowest BCUT2D eigenvalue weighted by molar-refractivity contribution is -0.116. The molecule has 140 valence electrons. The Morgan fingerprint density at radius 1 is 0.962 bits per heavy atom. The van der Waals surface area contributed by atoms with Gasteiger partial charge in [0.2, 0.25) is 15.9 Å². The monoisotopic (exact) mass is 374 g/mol. The Bertz CT molecular complexity index is 871. The fourth-order valence-electron chi connectivity index (χ4n) is 2.78. The fraction of sp³-hybridized carbons (Fsp3) is 0.350. The zero-order valence-corrected chi connectivity index (χ0v) is 16.6. The van der Waals surface area contributed by atoms with Crippen molar-refractivity contribution in [1.82, 2.24) is 4.31 Å². The summed E-state index contributed by atoms with van der Waals surface area (Å²) < 4.78 is 25.6. The van der Waals surface area contributed by atoms with Gasteiger partial charge in [0.15, 0.2) is 0 Å². The first-order valence-electron chi connectivity index (χ1n) is 8.54. The number of carbonyl (C=O) groups is 1. The summed E-state index contributed by atoms with van der Waals surface area (Å²) >= 11 is 0. The van der Waals surface area contributed by atoms with E-state index >= 15 is 0 Å². The van der Waals surface area contributed by atoms with Gasteiger partial charge in [-0.15, -0.1) is 0 Å². The van der Waals surface area contributed by atoms with Crippen LogP contribution in [0.4, 0.5) is 5.69 Å². The van der Waals surface area contributed by atoms with Crippen molar-refractivity contribution in [2.75, 3.05) is 18.1 Å². The van der Waals surface area contributed by atoms with Gasteiger partial charge >= 0.3 is 0 Å². The van der Waals surface area contributed by atoms with Gasteiger partial charge in [-0.25, -0.2) is 8.42 Å². The van der Waals surface area contributed by atoms with Crippen LogP contribution in [0.15, 0.2) is 42.5 Å². The number of para-hydroxylation sites is 1. The van der Waals surface area contributed by atoms with Crippen LogP contribution in [0.2, 0.25) is 0 Å². The molecule has 6 heteroatoms. The molecule has 26 heavy (non-hydrogen) atoms. The number of hydrogen-bond donors (Lipinski definition) is 1. The Labute approximate surface area is 156 Å². The van der Waals surface area contributed by atoms with Gasteiger partial charge in [-0.05, 0) is 43.0 Å². The Kier molecular flexibility index (Phi) is 6.56. The van der Waals surface area contributed by atoms with Gasteiger partial charge in [-0.2, -0.15) is 4.31 Å². The van der Waals surface area contributed by atoms with Crippen LogP contribution >= 0.6 is 0 Å². The maximum Gasteiger partial charge on any atom is 0.225 e. The number of hydrogen-bond acceptors (Lipinski definition) is 3. The van der Waals surface area contributed by atoms with Crippen LogP contribution < -0.4 is 5.32 Å². The molecule has 0 heterocycles. The van der Waals surface area contributed by atoms with Crippen molar-refractivity contribution in [2.45, 2.75) is 33.7 Å². The highest BCUT2D eigenvalue weighted by Gasteiger charge is 2.19. The van der Waals surface area contributed by atoms with E-state index < -0.39 is 10.0 Å². The van der Waals surface area contributed by atoms with E-state index in [1.807, 2.05) is 63.2 Å². The van der Waals surface area contributed by atoms with Crippen LogP contribution in [-0.2, 0) is 21.4 Å². The van der Waals surface area contributed by atoms with Gasteiger partial charge in [0.1, 0.15) is 0 Å². The van der Waals surface area contributed by atoms with Gasteiger partial charge in [0, 0.05) is 25.2 Å². The molecule has 0 bridgehead atoms. The van der Waals surface area contributed by atoms with Crippen LogP contribution in [0.1, 0.15) is 28.7 Å². The molecule has 2 aromatic rings. The molecule has 0 spiro atoms. The number of nitrogens with one attached hydrogen (secondary N) is 1. The topological polar surface area (TPSA) is 66.5 Å². The highest BCUT2D eigenvalue weighted by atomic mass is 32.2. The Morgan fingerprint density at radius 2 is 1.54 bits per heavy atom. The molecule has 2 aromatic carbocycles. The summed E-state index contributed by atoms with van der Waals surface area (Å²) in [6.07, 6.45) is 1.28. The predicted octanol–water partition coefficient (Wildman–Crippen LogP) is 3.40. The second kappa shape index (κ2) is 8.47. The third-order valence-electron chi connectivity index (χ3n) is 4.41. The van der Waals surface area contributed by atoms with E-state index in [1.165, 1.54) is 10.6 Å². The first-order chi connectivity index (χ1) is 12.2. The Morgan fingerprint density at radius 3 is 2.12 bits per heavy atom. The van der Waals surface area contributed by atoms with Crippen molar-refractivity contribution in [3.63, 3.8) is 0 Å². The average molecular weight is 375 g/mol. The standard InChI is InChI=1S/C20H26N2O3S/c1-15-8-5-6-11-18(15)14-22(26(4,24)25)13-12-19(23)21-20-16(2)9-7-10-17(20)3/h5-11H,12-14H2,1-4H3,(H,21,23). The molecule has 1 N–H and O–H groups in total. The van der Waals surface area contributed by atoms with Crippen molar-refractivity contribution < 1.29 is 13.2 Å². The van der Waals surface area contributed by atoms with Gasteiger partial charge in [-0.3, -0.25) is 4.79 Å². The minimum Gasteiger partial charge on any atom is -0.326 e. The van der Waals surface area contributed by atoms with E-state index in [1.54, 1.807) is 0 Å². The summed E-state index contributed by atoms with van der Waals surface area (Å²) in [7, 11) is -3.41. The highest BCUT2D eigenvalue weighted by molar-refractivity contribution is 7.88. The first kappa shape index (κ1) is 20.1. The van der Waals surface area contributed by atoms with Gasteiger partial charge in [-0.1, -0.05) is 42.5 Å². The van der Waals surface area contributed by atoms with Crippen molar-refractivity contribution in [2.24, 2.45) is 0 Å². The molecule has 0 atom stereocenters. The molecule has 0 saturated heterocycles. The number of benzene rings is 2. The lowest BCUT2D eigenvalue weighted by Gasteiger charge is -2.21. The number of sulfonamides is 1. The summed E-state index contributed by atoms with van der Waals surface area (Å²) in [5, 5.41) is 2.90. The Balaban J connectivity index is 2.06. The van der Waals surface area contributed by atoms with Gasteiger partial charge in [0.05, 0.1) is 6.26 Å². The summed E-state index contributed by atoms with van der Waals surface area (Å²) in [6.45, 7) is 6.22. The normalized spacial score (nSPS) is 11.6. The average Bonchev–Trinajstić information content (AvgIpc) is 2.55. The van der Waals surface area contributed by atoms with Gasteiger partial charge in [0.25, 0.3) is 0 Å². The summed E-state index contributed by atoms with van der Waals surface area (Å²) in [5.41, 5.74) is 4.73. The maximum atomic E-state index is 12.3. The molecular weight excluding hydrogens is 348 g/mol. The number of carbonyl (C=O) groups excluding carboxylic acids is 1. The van der Waals surface area contributed by atoms with E-state index in [2.05, 4.69) is 5.32 Å². The van der Waals surface area contributed by atoms with Crippen LogP contribution in [0.3, 0.4) is 0 Å². The second-order valence-corrected chi connectivity index (χ2v) is 8.57. The number of nitrogens with zero attached hydrogens (tertiary/aromatic N) is 1. The summed E-state index contributed by atoms with van der Waals surface area (Å²) in [6, 6.07) is 13.5.